The average Bonchev–Trinajstić information content (AvgIpc) is 2.96. The Morgan fingerprint density at radius 2 is 1.66 bits per heavy atom. The molecule has 0 saturated carbocycles. The van der Waals surface area contributed by atoms with Crippen molar-refractivity contribution in [1.29, 1.82) is 0 Å². The lowest BCUT2D eigenvalue weighted by Crippen LogP contribution is -2.27. The Balaban J connectivity index is 1.62. The van der Waals surface area contributed by atoms with Gasteiger partial charge in [0.05, 0.1) is 29.5 Å². The van der Waals surface area contributed by atoms with Crippen LogP contribution in [-0.4, -0.2) is 12.9 Å². The van der Waals surface area contributed by atoms with Crippen molar-refractivity contribution < 1.29 is 9.53 Å². The van der Waals surface area contributed by atoms with E-state index in [0.29, 0.717) is 28.6 Å². The standard InChI is InChI=1S/C26H22Cl2N2O2/c1-32-24-11-10-15(12-19(24)28)26-25-22(29-20-8-4-5-9-21(20)30-26)13-16(14-23(25)31)17-6-2-3-7-18(17)27/h2-12,16,26,29-30H,13-14H2,1H3. The van der Waals surface area contributed by atoms with Crippen molar-refractivity contribution in [3.63, 3.8) is 0 Å². The van der Waals surface area contributed by atoms with Gasteiger partial charge < -0.3 is 15.4 Å². The number of para-hydroxylation sites is 2. The maximum Gasteiger partial charge on any atom is 0.163 e. The second-order valence-electron chi connectivity index (χ2n) is 8.08. The number of benzene rings is 3. The number of carbonyl (C=O) groups excluding carboxylic acids is 1. The number of ether oxygens (including phenoxy) is 1. The molecule has 2 atom stereocenters. The SMILES string of the molecule is COc1ccc(C2Nc3ccccc3NC3=C2C(=O)CC(c2ccccc2Cl)C3)cc1Cl. The molecule has 0 fully saturated rings. The van der Waals surface area contributed by atoms with E-state index in [1.807, 2.05) is 66.7 Å². The number of fused-ring (bicyclic) bond motifs is 1. The number of anilines is 2. The van der Waals surface area contributed by atoms with Crippen LogP contribution in [0.15, 0.2) is 78.0 Å². The molecule has 5 rings (SSSR count). The summed E-state index contributed by atoms with van der Waals surface area (Å²) in [5, 5.41) is 8.32. The molecule has 0 amide bonds. The minimum absolute atomic E-state index is 0.0211. The number of rotatable bonds is 3. The van der Waals surface area contributed by atoms with Crippen LogP contribution in [0.1, 0.15) is 35.9 Å². The monoisotopic (exact) mass is 464 g/mol. The molecule has 2 N–H and O–H groups in total. The Morgan fingerprint density at radius 1 is 0.906 bits per heavy atom. The Hall–Kier alpha value is -2.95. The highest BCUT2D eigenvalue weighted by Gasteiger charge is 2.36. The van der Waals surface area contributed by atoms with Crippen molar-refractivity contribution in [3.8, 4) is 5.75 Å². The summed E-state index contributed by atoms with van der Waals surface area (Å²) in [6.45, 7) is 0. The van der Waals surface area contributed by atoms with Crippen LogP contribution >= 0.6 is 23.2 Å². The van der Waals surface area contributed by atoms with E-state index in [9.17, 15) is 4.79 Å². The highest BCUT2D eigenvalue weighted by Crippen LogP contribution is 2.45. The second-order valence-corrected chi connectivity index (χ2v) is 8.90. The van der Waals surface area contributed by atoms with Gasteiger partial charge in [-0.25, -0.2) is 0 Å². The molecule has 162 valence electrons. The zero-order valence-electron chi connectivity index (χ0n) is 17.5. The topological polar surface area (TPSA) is 50.4 Å². The number of ketones is 1. The molecule has 0 radical (unpaired) electrons. The van der Waals surface area contributed by atoms with Gasteiger partial charge in [0.2, 0.25) is 0 Å². The van der Waals surface area contributed by atoms with Gasteiger partial charge in [-0.05, 0) is 53.8 Å². The second kappa shape index (κ2) is 8.53. The lowest BCUT2D eigenvalue weighted by atomic mass is 9.78. The van der Waals surface area contributed by atoms with E-state index in [-0.39, 0.29) is 17.7 Å². The molecular weight excluding hydrogens is 443 g/mol. The summed E-state index contributed by atoms with van der Waals surface area (Å²) in [7, 11) is 1.59. The zero-order chi connectivity index (χ0) is 22.2. The summed E-state index contributed by atoms with van der Waals surface area (Å²) < 4.78 is 5.31. The molecule has 0 saturated heterocycles. The van der Waals surface area contributed by atoms with Gasteiger partial charge in [0.25, 0.3) is 0 Å². The Morgan fingerprint density at radius 3 is 2.41 bits per heavy atom. The molecule has 0 aromatic heterocycles. The third-order valence-electron chi connectivity index (χ3n) is 6.16. The molecule has 1 aliphatic carbocycles. The molecule has 1 aliphatic heterocycles. The quantitative estimate of drug-likeness (QED) is 0.438. The molecule has 6 heteroatoms. The van der Waals surface area contributed by atoms with Crippen LogP contribution in [0.3, 0.4) is 0 Å². The number of hydrogen-bond donors (Lipinski definition) is 2. The summed E-state index contributed by atoms with van der Waals surface area (Å²) in [5.41, 5.74) is 5.44. The number of methoxy groups -OCH3 is 1. The molecule has 2 aliphatic rings. The van der Waals surface area contributed by atoms with E-state index in [0.717, 1.165) is 33.8 Å². The molecular formula is C26H22Cl2N2O2. The van der Waals surface area contributed by atoms with E-state index in [4.69, 9.17) is 27.9 Å². The Kier molecular flexibility index (Phi) is 5.58. The van der Waals surface area contributed by atoms with E-state index < -0.39 is 0 Å². The van der Waals surface area contributed by atoms with Gasteiger partial charge in [-0.3, -0.25) is 4.79 Å². The fourth-order valence-electron chi connectivity index (χ4n) is 4.63. The van der Waals surface area contributed by atoms with Crippen LogP contribution in [0.2, 0.25) is 10.0 Å². The van der Waals surface area contributed by atoms with Crippen LogP contribution in [0.5, 0.6) is 5.75 Å². The van der Waals surface area contributed by atoms with Crippen molar-refractivity contribution in [2.75, 3.05) is 17.7 Å². The summed E-state index contributed by atoms with van der Waals surface area (Å²) in [6.07, 6.45) is 1.10. The molecule has 1 heterocycles. The predicted octanol–water partition coefficient (Wildman–Crippen LogP) is 6.98. The van der Waals surface area contributed by atoms with Crippen molar-refractivity contribution in [1.82, 2.24) is 0 Å². The summed E-state index contributed by atoms with van der Waals surface area (Å²) in [5.74, 6) is 0.722. The van der Waals surface area contributed by atoms with Gasteiger partial charge in [0.1, 0.15) is 5.75 Å². The first-order valence-electron chi connectivity index (χ1n) is 10.5. The molecule has 0 bridgehead atoms. The van der Waals surface area contributed by atoms with Crippen LogP contribution in [0, 0.1) is 0 Å². The fourth-order valence-corrected chi connectivity index (χ4v) is 5.19. The highest BCUT2D eigenvalue weighted by atomic mass is 35.5. The van der Waals surface area contributed by atoms with E-state index in [1.54, 1.807) is 7.11 Å². The minimum atomic E-state index is -0.329. The van der Waals surface area contributed by atoms with Crippen molar-refractivity contribution in [3.05, 3.63) is 99.2 Å². The van der Waals surface area contributed by atoms with Crippen molar-refractivity contribution in [2.24, 2.45) is 0 Å². The van der Waals surface area contributed by atoms with Crippen LogP contribution in [0.4, 0.5) is 11.4 Å². The Labute approximate surface area is 197 Å². The smallest absolute Gasteiger partial charge is 0.163 e. The van der Waals surface area contributed by atoms with E-state index >= 15 is 0 Å². The third-order valence-corrected chi connectivity index (χ3v) is 6.80. The number of allylic oxidation sites excluding steroid dienone is 1. The summed E-state index contributed by atoms with van der Waals surface area (Å²) in [6, 6.07) is 21.1. The molecule has 2 unspecified atom stereocenters. The van der Waals surface area contributed by atoms with Gasteiger partial charge in [-0.15, -0.1) is 0 Å². The number of halogens is 2. The third kappa shape index (κ3) is 3.74. The zero-order valence-corrected chi connectivity index (χ0v) is 19.0. The van der Waals surface area contributed by atoms with Crippen molar-refractivity contribution in [2.45, 2.75) is 24.8 Å². The minimum Gasteiger partial charge on any atom is -0.495 e. The molecule has 0 spiro atoms. The van der Waals surface area contributed by atoms with Crippen LogP contribution < -0.4 is 15.4 Å². The number of Topliss-reactive ketones (excluding diaryl/α,β-unsaturated/α-hetero) is 1. The predicted molar refractivity (Wildman–Crippen MR) is 130 cm³/mol. The van der Waals surface area contributed by atoms with Crippen LogP contribution in [-0.2, 0) is 4.79 Å². The van der Waals surface area contributed by atoms with E-state index in [1.165, 1.54) is 0 Å². The lowest BCUT2D eigenvalue weighted by molar-refractivity contribution is -0.116. The fraction of sp³-hybridized carbons (Fsp3) is 0.192. The van der Waals surface area contributed by atoms with E-state index in [2.05, 4.69) is 10.6 Å². The normalized spacial score (nSPS) is 19.9. The average molecular weight is 465 g/mol. The number of nitrogens with one attached hydrogen (secondary N) is 2. The first-order valence-corrected chi connectivity index (χ1v) is 11.3. The molecule has 32 heavy (non-hydrogen) atoms. The highest BCUT2D eigenvalue weighted by molar-refractivity contribution is 6.32. The van der Waals surface area contributed by atoms with Crippen LogP contribution in [0.25, 0.3) is 0 Å². The summed E-state index contributed by atoms with van der Waals surface area (Å²) in [4.78, 5) is 13.6. The maximum absolute atomic E-state index is 13.6. The number of carbonyl (C=O) groups is 1. The lowest BCUT2D eigenvalue weighted by Gasteiger charge is -2.30. The number of hydrogen-bond acceptors (Lipinski definition) is 4. The largest absolute Gasteiger partial charge is 0.495 e. The van der Waals surface area contributed by atoms with Gasteiger partial charge in [0.15, 0.2) is 5.78 Å². The molecule has 3 aromatic rings. The Bertz CT molecular complexity index is 1240. The van der Waals surface area contributed by atoms with Gasteiger partial charge >= 0.3 is 0 Å². The molecule has 4 nitrogen and oxygen atoms in total. The van der Waals surface area contributed by atoms with Gasteiger partial charge in [0, 0.05) is 22.7 Å². The van der Waals surface area contributed by atoms with Gasteiger partial charge in [-0.1, -0.05) is 59.6 Å². The first-order chi connectivity index (χ1) is 15.5. The summed E-state index contributed by atoms with van der Waals surface area (Å²) >= 11 is 12.9. The first kappa shape index (κ1) is 20.9. The van der Waals surface area contributed by atoms with Crippen molar-refractivity contribution >= 4 is 40.4 Å². The van der Waals surface area contributed by atoms with Gasteiger partial charge in [-0.2, -0.15) is 0 Å². The maximum atomic E-state index is 13.6. The molecule has 3 aromatic carbocycles.